The van der Waals surface area contributed by atoms with Gasteiger partial charge in [-0.1, -0.05) is 209 Å². The molecule has 1 nitrogen and oxygen atoms in total. The quantitative estimate of drug-likeness (QED) is 0.133. The van der Waals surface area contributed by atoms with E-state index in [1.807, 2.05) is 0 Å². The Balaban J connectivity index is 1.00. The lowest BCUT2D eigenvalue weighted by atomic mass is 9.69. The van der Waals surface area contributed by atoms with Gasteiger partial charge in [-0.2, -0.15) is 0 Å². The number of benzene rings is 3. The van der Waals surface area contributed by atoms with Gasteiger partial charge in [0, 0.05) is 17.9 Å². The molecule has 1 N–H and O–H groups in total. The van der Waals surface area contributed by atoms with Crippen LogP contribution in [0.25, 0.3) is 29.9 Å². The number of nitrogens with one attached hydrogen (secondary N) is 1. The van der Waals surface area contributed by atoms with E-state index in [2.05, 4.69) is 226 Å². The standard InChI is InChI=1S/C65H67N/c1-4-47(2)28-32-60-44-57-23-12-13-24-58(57)46-65(60)63-27-15-14-26-62(63)53(25-16-42-66-61-40-38-51(39-41-61)59-37-36-50-18-10-11-22-56(50)43-59)33-29-49-30-34-54(35-31-49)64(52-19-6-5-7-20-52)45-55-21-9-8-17-48(55)3/h5-9,12-13,16-17,19,21,23-40,42-43,45-47,57-58,60-61,66H,3-4,10-11,14-15,18,20,22,41,44H2,1-2H3/b32-28-,33-29-,42-16+,53-25+,55-45-,64-52+. The van der Waals surface area contributed by atoms with Crippen molar-refractivity contribution in [2.45, 2.75) is 84.1 Å². The highest BCUT2D eigenvalue weighted by Gasteiger charge is 2.31. The van der Waals surface area contributed by atoms with Crippen molar-refractivity contribution in [2.75, 3.05) is 0 Å². The van der Waals surface area contributed by atoms with E-state index in [0.29, 0.717) is 23.7 Å². The summed E-state index contributed by atoms with van der Waals surface area (Å²) in [5, 5.41) is 5.90. The van der Waals surface area contributed by atoms with Crippen molar-refractivity contribution in [1.29, 1.82) is 0 Å². The number of hydrogen-bond donors (Lipinski definition) is 1. The van der Waals surface area contributed by atoms with Gasteiger partial charge >= 0.3 is 0 Å². The van der Waals surface area contributed by atoms with E-state index in [1.165, 1.54) is 81.4 Å². The van der Waals surface area contributed by atoms with Crippen LogP contribution in [0, 0.1) is 23.7 Å². The van der Waals surface area contributed by atoms with Crippen molar-refractivity contribution >= 4 is 29.9 Å². The van der Waals surface area contributed by atoms with E-state index in [0.717, 1.165) is 49.0 Å². The Morgan fingerprint density at radius 1 is 0.864 bits per heavy atom. The maximum absolute atomic E-state index is 4.32. The number of rotatable bonds is 13. The average Bonchev–Trinajstić information content (AvgIpc) is 3.37. The van der Waals surface area contributed by atoms with Crippen molar-refractivity contribution in [3.8, 4) is 0 Å². The molecular formula is C65H67N. The SMILES string of the molecule is C=c1cccc/c1=C/C(=C1/C=CC=CC1)c1ccc(\C=C/C(=C\C=C\NC2C=CC(c3ccc4c(c3)CCCC4)=CC2)C2=CCCC=C2C2=CC3C=CC=CC3CC2/C=C\C(C)CC)cc1. The molecule has 5 unspecified atom stereocenters. The highest BCUT2D eigenvalue weighted by atomic mass is 14.9. The summed E-state index contributed by atoms with van der Waals surface area (Å²) >= 11 is 0. The Bertz CT molecular complexity index is 2820. The molecule has 0 spiro atoms. The summed E-state index contributed by atoms with van der Waals surface area (Å²) < 4.78 is 0. The number of allylic oxidation sites excluding steroid dienone is 24. The molecule has 6 aliphatic rings. The first-order valence-electron chi connectivity index (χ1n) is 24.9. The zero-order valence-electron chi connectivity index (χ0n) is 39.2. The van der Waals surface area contributed by atoms with Gasteiger partial charge in [-0.05, 0) is 165 Å². The summed E-state index contributed by atoms with van der Waals surface area (Å²) in [4.78, 5) is 0. The Morgan fingerprint density at radius 3 is 2.53 bits per heavy atom. The molecule has 3 aromatic carbocycles. The molecule has 1 heteroatoms. The molecule has 332 valence electrons. The maximum Gasteiger partial charge on any atom is 0.0476 e. The highest BCUT2D eigenvalue weighted by molar-refractivity contribution is 5.92. The van der Waals surface area contributed by atoms with Crippen LogP contribution < -0.4 is 15.8 Å². The van der Waals surface area contributed by atoms with Crippen molar-refractivity contribution in [3.63, 3.8) is 0 Å². The minimum Gasteiger partial charge on any atom is -0.384 e. The molecular weight excluding hydrogens is 795 g/mol. The second kappa shape index (κ2) is 21.7. The van der Waals surface area contributed by atoms with Gasteiger partial charge in [0.1, 0.15) is 0 Å². The molecule has 0 fully saturated rings. The fourth-order valence-corrected chi connectivity index (χ4v) is 10.3. The zero-order chi connectivity index (χ0) is 45.1. The molecule has 0 radical (unpaired) electrons. The van der Waals surface area contributed by atoms with Crippen LogP contribution in [0.2, 0.25) is 0 Å². The van der Waals surface area contributed by atoms with Gasteiger partial charge in [-0.3, -0.25) is 0 Å². The first-order chi connectivity index (χ1) is 32.5. The number of aryl methyl sites for hydroxylation is 2. The van der Waals surface area contributed by atoms with E-state index < -0.39 is 0 Å². The first kappa shape index (κ1) is 44.7. The Hall–Kier alpha value is -6.44. The predicted octanol–water partition coefficient (Wildman–Crippen LogP) is 14.7. The lowest BCUT2D eigenvalue weighted by Crippen LogP contribution is -2.23. The van der Waals surface area contributed by atoms with Crippen LogP contribution >= 0.6 is 0 Å². The fourth-order valence-electron chi connectivity index (χ4n) is 10.3. The maximum atomic E-state index is 4.32. The summed E-state index contributed by atoms with van der Waals surface area (Å²) in [5.41, 5.74) is 16.2. The Kier molecular flexibility index (Phi) is 14.7. The van der Waals surface area contributed by atoms with Crippen molar-refractivity contribution < 1.29 is 0 Å². The van der Waals surface area contributed by atoms with E-state index in [1.54, 1.807) is 11.1 Å². The highest BCUT2D eigenvalue weighted by Crippen LogP contribution is 2.44. The normalized spacial score (nSPS) is 24.3. The Morgan fingerprint density at radius 2 is 1.71 bits per heavy atom. The predicted molar refractivity (Wildman–Crippen MR) is 285 cm³/mol. The molecule has 3 aromatic rings. The van der Waals surface area contributed by atoms with Gasteiger partial charge in [0.2, 0.25) is 0 Å². The first-order valence-corrected chi connectivity index (χ1v) is 24.9. The van der Waals surface area contributed by atoms with Gasteiger partial charge in [0.15, 0.2) is 0 Å². The van der Waals surface area contributed by atoms with Gasteiger partial charge in [0.05, 0.1) is 0 Å². The van der Waals surface area contributed by atoms with E-state index in [4.69, 9.17) is 0 Å². The molecule has 6 aliphatic carbocycles. The van der Waals surface area contributed by atoms with E-state index in [9.17, 15) is 0 Å². The molecule has 9 rings (SSSR count). The third kappa shape index (κ3) is 11.0. The lowest BCUT2D eigenvalue weighted by Gasteiger charge is -2.35. The number of hydrogen-bond acceptors (Lipinski definition) is 1. The van der Waals surface area contributed by atoms with Gasteiger partial charge < -0.3 is 5.32 Å². The smallest absolute Gasteiger partial charge is 0.0476 e. The van der Waals surface area contributed by atoms with Crippen LogP contribution in [0.4, 0.5) is 0 Å². The van der Waals surface area contributed by atoms with Crippen LogP contribution in [0.5, 0.6) is 0 Å². The molecule has 0 bridgehead atoms. The Labute approximate surface area is 395 Å². The minimum absolute atomic E-state index is 0.258. The fraction of sp³-hybridized carbons (Fsp3) is 0.262. The number of fused-ring (bicyclic) bond motifs is 2. The van der Waals surface area contributed by atoms with E-state index in [-0.39, 0.29) is 6.04 Å². The summed E-state index contributed by atoms with van der Waals surface area (Å²) in [6.07, 6.45) is 62.7. The molecule has 0 amide bonds. The topological polar surface area (TPSA) is 12.0 Å². The molecule has 0 saturated heterocycles. The van der Waals surface area contributed by atoms with Gasteiger partial charge in [-0.25, -0.2) is 0 Å². The minimum atomic E-state index is 0.258. The van der Waals surface area contributed by atoms with E-state index >= 15 is 0 Å². The molecule has 0 saturated carbocycles. The molecule has 5 atom stereocenters. The molecule has 0 aromatic heterocycles. The second-order valence-corrected chi connectivity index (χ2v) is 19.0. The van der Waals surface area contributed by atoms with Crippen LogP contribution in [0.3, 0.4) is 0 Å². The average molecular weight is 862 g/mol. The second-order valence-electron chi connectivity index (χ2n) is 19.0. The van der Waals surface area contributed by atoms with Crippen LogP contribution in [0.15, 0.2) is 216 Å². The largest absolute Gasteiger partial charge is 0.384 e. The summed E-state index contributed by atoms with van der Waals surface area (Å²) in [5.74, 6) is 1.91. The third-order valence-corrected chi connectivity index (χ3v) is 14.4. The summed E-state index contributed by atoms with van der Waals surface area (Å²) in [6.45, 7) is 8.95. The van der Waals surface area contributed by atoms with Crippen LogP contribution in [-0.4, -0.2) is 6.04 Å². The molecule has 66 heavy (non-hydrogen) atoms. The molecule has 0 heterocycles. The lowest BCUT2D eigenvalue weighted by molar-refractivity contribution is 0.432. The molecule has 0 aliphatic heterocycles. The van der Waals surface area contributed by atoms with Gasteiger partial charge in [0.25, 0.3) is 0 Å². The summed E-state index contributed by atoms with van der Waals surface area (Å²) in [6, 6.07) is 24.9. The van der Waals surface area contributed by atoms with Crippen LogP contribution in [-0.2, 0) is 12.8 Å². The summed E-state index contributed by atoms with van der Waals surface area (Å²) in [7, 11) is 0. The van der Waals surface area contributed by atoms with Crippen molar-refractivity contribution in [1.82, 2.24) is 5.32 Å². The van der Waals surface area contributed by atoms with Crippen molar-refractivity contribution in [3.05, 3.63) is 254 Å². The van der Waals surface area contributed by atoms with Crippen molar-refractivity contribution in [2.24, 2.45) is 23.7 Å². The zero-order valence-corrected chi connectivity index (χ0v) is 39.2. The van der Waals surface area contributed by atoms with Crippen LogP contribution in [0.1, 0.15) is 93.0 Å². The third-order valence-electron chi connectivity index (χ3n) is 14.4. The van der Waals surface area contributed by atoms with Gasteiger partial charge in [-0.15, -0.1) is 0 Å². The monoisotopic (exact) mass is 862 g/mol.